The fourth-order valence-electron chi connectivity index (χ4n) is 1.36. The lowest BCUT2D eigenvalue weighted by atomic mass is 10.0. The van der Waals surface area contributed by atoms with Gasteiger partial charge in [-0.15, -0.1) is 11.8 Å². The topological polar surface area (TPSA) is 37.3 Å². The minimum Gasteiger partial charge on any atom is -0.481 e. The molecule has 0 heterocycles. The summed E-state index contributed by atoms with van der Waals surface area (Å²) in [5.41, 5.74) is 1.34. The molecule has 88 valence electrons. The van der Waals surface area contributed by atoms with Gasteiger partial charge in [0.2, 0.25) is 0 Å². The van der Waals surface area contributed by atoms with E-state index in [0.717, 1.165) is 12.2 Å². The number of carboxylic acids is 1. The van der Waals surface area contributed by atoms with E-state index in [4.69, 9.17) is 5.11 Å². The van der Waals surface area contributed by atoms with Crippen LogP contribution in [0.3, 0.4) is 0 Å². The summed E-state index contributed by atoms with van der Waals surface area (Å²) in [5.74, 6) is 0.717. The number of benzene rings is 1. The van der Waals surface area contributed by atoms with Gasteiger partial charge in [-0.3, -0.25) is 4.79 Å². The Balaban J connectivity index is 2.35. The van der Waals surface area contributed by atoms with Crippen molar-refractivity contribution in [2.75, 3.05) is 5.75 Å². The summed E-state index contributed by atoms with van der Waals surface area (Å²) in [5, 5.41) is 8.50. The molecule has 1 aromatic rings. The molecule has 0 atom stereocenters. The van der Waals surface area contributed by atoms with Gasteiger partial charge in [0, 0.05) is 11.3 Å². The van der Waals surface area contributed by atoms with Crippen molar-refractivity contribution in [3.05, 3.63) is 29.8 Å². The van der Waals surface area contributed by atoms with Crippen LogP contribution in [0.15, 0.2) is 29.2 Å². The fraction of sp³-hybridized carbons (Fsp3) is 0.462. The normalized spacial score (nSPS) is 10.7. The number of aliphatic carboxylic acids is 1. The van der Waals surface area contributed by atoms with Crippen LogP contribution in [0.25, 0.3) is 0 Å². The molecule has 1 aromatic carbocycles. The van der Waals surface area contributed by atoms with Gasteiger partial charge in [0.05, 0.1) is 0 Å². The van der Waals surface area contributed by atoms with Gasteiger partial charge in [0.15, 0.2) is 0 Å². The molecule has 0 aromatic heterocycles. The van der Waals surface area contributed by atoms with E-state index in [2.05, 4.69) is 38.1 Å². The molecule has 0 aliphatic carbocycles. The highest BCUT2D eigenvalue weighted by Crippen LogP contribution is 2.22. The number of hydrogen-bond donors (Lipinski definition) is 1. The van der Waals surface area contributed by atoms with Gasteiger partial charge in [0.25, 0.3) is 0 Å². The van der Waals surface area contributed by atoms with Crippen LogP contribution in [0.4, 0.5) is 0 Å². The molecule has 0 aliphatic heterocycles. The Morgan fingerprint density at radius 1 is 1.31 bits per heavy atom. The summed E-state index contributed by atoms with van der Waals surface area (Å²) >= 11 is 1.72. The summed E-state index contributed by atoms with van der Waals surface area (Å²) in [4.78, 5) is 11.5. The predicted octanol–water partition coefficient (Wildman–Crippen LogP) is 3.77. The number of thioether (sulfide) groups is 1. The van der Waals surface area contributed by atoms with Crippen molar-refractivity contribution in [2.45, 2.75) is 37.5 Å². The SMILES string of the molecule is CC(C)c1ccc(SCCCC(=O)O)cc1. The fourth-order valence-corrected chi connectivity index (χ4v) is 2.22. The van der Waals surface area contributed by atoms with Crippen LogP contribution in [0.1, 0.15) is 38.2 Å². The first-order valence-electron chi connectivity index (χ1n) is 5.54. The molecule has 16 heavy (non-hydrogen) atoms. The molecule has 0 spiro atoms. The zero-order valence-electron chi connectivity index (χ0n) is 9.77. The lowest BCUT2D eigenvalue weighted by molar-refractivity contribution is -0.137. The van der Waals surface area contributed by atoms with Crippen molar-refractivity contribution in [3.8, 4) is 0 Å². The van der Waals surface area contributed by atoms with Gasteiger partial charge in [-0.05, 0) is 35.8 Å². The molecule has 0 fully saturated rings. The molecule has 3 heteroatoms. The van der Waals surface area contributed by atoms with Crippen LogP contribution < -0.4 is 0 Å². The Hall–Kier alpha value is -0.960. The highest BCUT2D eigenvalue weighted by atomic mass is 32.2. The van der Waals surface area contributed by atoms with Crippen LogP contribution in [0.2, 0.25) is 0 Å². The molecule has 0 bridgehead atoms. The van der Waals surface area contributed by atoms with E-state index >= 15 is 0 Å². The molecule has 0 aliphatic rings. The van der Waals surface area contributed by atoms with Crippen molar-refractivity contribution in [1.82, 2.24) is 0 Å². The minimum absolute atomic E-state index is 0.261. The van der Waals surface area contributed by atoms with Crippen LogP contribution in [0, 0.1) is 0 Å². The first kappa shape index (κ1) is 13.1. The average molecular weight is 238 g/mol. The summed E-state index contributed by atoms with van der Waals surface area (Å²) in [6, 6.07) is 8.51. The highest BCUT2D eigenvalue weighted by Gasteiger charge is 2.00. The van der Waals surface area contributed by atoms with Crippen molar-refractivity contribution in [3.63, 3.8) is 0 Å². The van der Waals surface area contributed by atoms with Gasteiger partial charge in [-0.1, -0.05) is 26.0 Å². The molecule has 1 rings (SSSR count). The van der Waals surface area contributed by atoms with E-state index in [-0.39, 0.29) is 6.42 Å². The first-order valence-corrected chi connectivity index (χ1v) is 6.52. The second kappa shape index (κ2) is 6.59. The van der Waals surface area contributed by atoms with Crippen molar-refractivity contribution in [2.24, 2.45) is 0 Å². The highest BCUT2D eigenvalue weighted by molar-refractivity contribution is 7.99. The smallest absolute Gasteiger partial charge is 0.303 e. The van der Waals surface area contributed by atoms with E-state index in [1.807, 2.05) is 0 Å². The third-order valence-electron chi connectivity index (χ3n) is 2.35. The molecule has 2 nitrogen and oxygen atoms in total. The van der Waals surface area contributed by atoms with Crippen LogP contribution in [-0.4, -0.2) is 16.8 Å². The van der Waals surface area contributed by atoms with Gasteiger partial charge < -0.3 is 5.11 Å². The monoisotopic (exact) mass is 238 g/mol. The van der Waals surface area contributed by atoms with Crippen molar-refractivity contribution in [1.29, 1.82) is 0 Å². The van der Waals surface area contributed by atoms with Crippen LogP contribution in [-0.2, 0) is 4.79 Å². The zero-order valence-corrected chi connectivity index (χ0v) is 10.6. The Bertz CT molecular complexity index is 330. The minimum atomic E-state index is -0.712. The molecular weight excluding hydrogens is 220 g/mol. The van der Waals surface area contributed by atoms with E-state index in [1.165, 1.54) is 10.5 Å². The molecule has 1 N–H and O–H groups in total. The summed E-state index contributed by atoms with van der Waals surface area (Å²) in [6.07, 6.45) is 0.989. The van der Waals surface area contributed by atoms with E-state index in [0.29, 0.717) is 5.92 Å². The number of hydrogen-bond acceptors (Lipinski definition) is 2. The second-order valence-corrected chi connectivity index (χ2v) is 5.24. The van der Waals surface area contributed by atoms with Gasteiger partial charge in [-0.25, -0.2) is 0 Å². The second-order valence-electron chi connectivity index (χ2n) is 4.07. The molecule has 0 amide bonds. The lowest BCUT2D eigenvalue weighted by Crippen LogP contribution is -1.94. The predicted molar refractivity (Wildman–Crippen MR) is 68.1 cm³/mol. The van der Waals surface area contributed by atoms with E-state index < -0.39 is 5.97 Å². The quantitative estimate of drug-likeness (QED) is 0.605. The third-order valence-corrected chi connectivity index (χ3v) is 3.45. The standard InChI is InChI=1S/C13H18O2S/c1-10(2)11-5-7-12(8-6-11)16-9-3-4-13(14)15/h5-8,10H,3-4,9H2,1-2H3,(H,14,15). The summed E-state index contributed by atoms with van der Waals surface area (Å²) in [7, 11) is 0. The molecule has 0 saturated heterocycles. The first-order chi connectivity index (χ1) is 7.59. The maximum atomic E-state index is 10.3. The average Bonchev–Trinajstić information content (AvgIpc) is 2.25. The van der Waals surface area contributed by atoms with Crippen molar-refractivity contribution >= 4 is 17.7 Å². The van der Waals surface area contributed by atoms with Gasteiger partial charge in [-0.2, -0.15) is 0 Å². The molecule has 0 radical (unpaired) electrons. The molecular formula is C13H18O2S. The largest absolute Gasteiger partial charge is 0.481 e. The van der Waals surface area contributed by atoms with Crippen LogP contribution >= 0.6 is 11.8 Å². The van der Waals surface area contributed by atoms with Crippen LogP contribution in [0.5, 0.6) is 0 Å². The third kappa shape index (κ3) is 4.71. The maximum absolute atomic E-state index is 10.3. The van der Waals surface area contributed by atoms with E-state index in [1.54, 1.807) is 11.8 Å². The van der Waals surface area contributed by atoms with E-state index in [9.17, 15) is 4.79 Å². The molecule has 0 saturated carbocycles. The van der Waals surface area contributed by atoms with Gasteiger partial charge >= 0.3 is 5.97 Å². The maximum Gasteiger partial charge on any atom is 0.303 e. The Kier molecular flexibility index (Phi) is 5.39. The Morgan fingerprint density at radius 2 is 1.94 bits per heavy atom. The number of carboxylic acid groups (broad SMARTS) is 1. The Labute approximate surface area is 101 Å². The number of carbonyl (C=O) groups is 1. The zero-order chi connectivity index (χ0) is 12.0. The lowest BCUT2D eigenvalue weighted by Gasteiger charge is -2.06. The summed E-state index contributed by atoms with van der Waals surface area (Å²) < 4.78 is 0. The summed E-state index contributed by atoms with van der Waals surface area (Å²) in [6.45, 7) is 4.35. The molecule has 0 unspecified atom stereocenters. The Morgan fingerprint density at radius 3 is 2.44 bits per heavy atom. The van der Waals surface area contributed by atoms with Crippen molar-refractivity contribution < 1.29 is 9.90 Å². The van der Waals surface area contributed by atoms with Gasteiger partial charge in [0.1, 0.15) is 0 Å². The number of rotatable bonds is 6.